The number of nitrogens with one attached hydrogen (secondary N) is 1. The van der Waals surface area contributed by atoms with Crippen LogP contribution in [0.4, 0.5) is 15.9 Å². The third kappa shape index (κ3) is 2.65. The van der Waals surface area contributed by atoms with Gasteiger partial charge in [-0.2, -0.15) is 0 Å². The average Bonchev–Trinajstić information content (AvgIpc) is 2.35. The van der Waals surface area contributed by atoms with Crippen molar-refractivity contribution < 1.29 is 12.8 Å². The second-order valence-corrected chi connectivity index (χ2v) is 5.56. The van der Waals surface area contributed by atoms with Gasteiger partial charge in [0.05, 0.1) is 5.69 Å². The molecular formula is C12H12FN3O2S. The molecule has 0 fully saturated rings. The van der Waals surface area contributed by atoms with Crippen LogP contribution in [0.3, 0.4) is 0 Å². The van der Waals surface area contributed by atoms with Crippen LogP contribution in [-0.4, -0.2) is 13.4 Å². The van der Waals surface area contributed by atoms with Crippen LogP contribution in [-0.2, 0) is 10.0 Å². The molecule has 100 valence electrons. The molecule has 0 aliphatic carbocycles. The molecule has 19 heavy (non-hydrogen) atoms. The Kier molecular flexibility index (Phi) is 3.39. The van der Waals surface area contributed by atoms with Gasteiger partial charge in [0.2, 0.25) is 0 Å². The number of sulfonamides is 1. The summed E-state index contributed by atoms with van der Waals surface area (Å²) >= 11 is 0. The van der Waals surface area contributed by atoms with E-state index in [9.17, 15) is 12.8 Å². The lowest BCUT2D eigenvalue weighted by Gasteiger charge is -2.11. The van der Waals surface area contributed by atoms with Crippen LogP contribution < -0.4 is 10.5 Å². The van der Waals surface area contributed by atoms with Gasteiger partial charge in [0, 0.05) is 11.8 Å². The summed E-state index contributed by atoms with van der Waals surface area (Å²) in [7, 11) is -3.89. The number of benzene rings is 1. The number of hydrogen-bond donors (Lipinski definition) is 2. The third-order valence-corrected chi connectivity index (χ3v) is 4.01. The van der Waals surface area contributed by atoms with Crippen LogP contribution in [0.2, 0.25) is 0 Å². The largest absolute Gasteiger partial charge is 0.383 e. The highest BCUT2D eigenvalue weighted by atomic mass is 32.2. The number of hydrogen-bond acceptors (Lipinski definition) is 4. The Bertz CT molecular complexity index is 717. The van der Waals surface area contributed by atoms with Gasteiger partial charge in [-0.05, 0) is 31.2 Å². The zero-order valence-electron chi connectivity index (χ0n) is 10.1. The average molecular weight is 281 g/mol. The van der Waals surface area contributed by atoms with Crippen molar-refractivity contribution in [3.63, 3.8) is 0 Å². The fraction of sp³-hybridized carbons (Fsp3) is 0.0833. The minimum Gasteiger partial charge on any atom is -0.383 e. The quantitative estimate of drug-likeness (QED) is 0.900. The van der Waals surface area contributed by atoms with Crippen molar-refractivity contribution in [2.75, 3.05) is 10.5 Å². The highest BCUT2D eigenvalue weighted by Gasteiger charge is 2.19. The van der Waals surface area contributed by atoms with Gasteiger partial charge in [-0.15, -0.1) is 0 Å². The van der Waals surface area contributed by atoms with Gasteiger partial charge in [0.25, 0.3) is 10.0 Å². The van der Waals surface area contributed by atoms with E-state index in [1.54, 1.807) is 0 Å². The zero-order valence-corrected chi connectivity index (χ0v) is 10.9. The molecular weight excluding hydrogens is 269 g/mol. The monoisotopic (exact) mass is 281 g/mol. The standard InChI is InChI=1S/C12H12FN3O2S/c1-8-9(13)4-2-5-10(8)16-19(17,18)11-6-3-7-15-12(11)14/h2-7,16H,1H3,(H2,14,15). The van der Waals surface area contributed by atoms with Gasteiger partial charge < -0.3 is 5.73 Å². The summed E-state index contributed by atoms with van der Waals surface area (Å²) < 4.78 is 39.9. The molecule has 1 aromatic carbocycles. The number of rotatable bonds is 3. The van der Waals surface area contributed by atoms with Crippen LogP contribution in [0.1, 0.15) is 5.56 Å². The molecule has 0 atom stereocenters. The van der Waals surface area contributed by atoms with E-state index < -0.39 is 15.8 Å². The Morgan fingerprint density at radius 1 is 1.26 bits per heavy atom. The number of nitrogens with two attached hydrogens (primary N) is 1. The van der Waals surface area contributed by atoms with Crippen LogP contribution in [0.15, 0.2) is 41.4 Å². The summed E-state index contributed by atoms with van der Waals surface area (Å²) in [6, 6.07) is 6.95. The Balaban J connectivity index is 2.43. The van der Waals surface area contributed by atoms with Gasteiger partial charge in [-0.3, -0.25) is 4.72 Å². The molecule has 2 rings (SSSR count). The molecule has 0 spiro atoms. The summed E-state index contributed by atoms with van der Waals surface area (Å²) in [5, 5.41) is 0. The highest BCUT2D eigenvalue weighted by molar-refractivity contribution is 7.92. The first-order valence-corrected chi connectivity index (χ1v) is 6.88. The second-order valence-electron chi connectivity index (χ2n) is 3.90. The van der Waals surface area contributed by atoms with E-state index in [0.29, 0.717) is 0 Å². The fourth-order valence-electron chi connectivity index (χ4n) is 1.55. The Morgan fingerprint density at radius 2 is 2.00 bits per heavy atom. The van der Waals surface area contributed by atoms with E-state index in [0.717, 1.165) is 0 Å². The minimum absolute atomic E-state index is 0.107. The molecule has 1 aromatic heterocycles. The maximum atomic E-state index is 13.4. The maximum absolute atomic E-state index is 13.4. The number of aromatic nitrogens is 1. The number of nitrogen functional groups attached to an aromatic ring is 1. The van der Waals surface area contributed by atoms with Gasteiger partial charge >= 0.3 is 0 Å². The first-order valence-electron chi connectivity index (χ1n) is 5.40. The zero-order chi connectivity index (χ0) is 14.0. The molecule has 0 amide bonds. The Labute approximate surface area is 110 Å². The van der Waals surface area contributed by atoms with Gasteiger partial charge in [-0.25, -0.2) is 17.8 Å². The van der Waals surface area contributed by atoms with E-state index in [4.69, 9.17) is 5.73 Å². The van der Waals surface area contributed by atoms with Crippen LogP contribution in [0.5, 0.6) is 0 Å². The summed E-state index contributed by atoms with van der Waals surface area (Å²) in [4.78, 5) is 3.57. The van der Waals surface area contributed by atoms with E-state index in [2.05, 4.69) is 9.71 Å². The topological polar surface area (TPSA) is 85.1 Å². The normalized spacial score (nSPS) is 11.3. The molecule has 0 unspecified atom stereocenters. The lowest BCUT2D eigenvalue weighted by molar-refractivity contribution is 0.601. The highest BCUT2D eigenvalue weighted by Crippen LogP contribution is 2.23. The molecule has 0 saturated carbocycles. The first-order chi connectivity index (χ1) is 8.92. The first kappa shape index (κ1) is 13.3. The lowest BCUT2D eigenvalue weighted by atomic mass is 10.2. The van der Waals surface area contributed by atoms with E-state index in [1.165, 1.54) is 43.5 Å². The summed E-state index contributed by atoms with van der Waals surface area (Å²) in [5.74, 6) is -0.594. The summed E-state index contributed by atoms with van der Waals surface area (Å²) in [5.41, 5.74) is 5.91. The van der Waals surface area contributed by atoms with Gasteiger partial charge in [-0.1, -0.05) is 6.07 Å². The van der Waals surface area contributed by atoms with Crippen LogP contribution in [0, 0.1) is 12.7 Å². The van der Waals surface area contributed by atoms with Crippen molar-refractivity contribution in [1.29, 1.82) is 0 Å². The van der Waals surface area contributed by atoms with Crippen molar-refractivity contribution in [2.45, 2.75) is 11.8 Å². The van der Waals surface area contributed by atoms with E-state index >= 15 is 0 Å². The number of nitrogens with zero attached hydrogens (tertiary/aromatic N) is 1. The SMILES string of the molecule is Cc1c(F)cccc1NS(=O)(=O)c1cccnc1N. The van der Waals surface area contributed by atoms with Crippen molar-refractivity contribution in [2.24, 2.45) is 0 Å². The molecule has 5 nitrogen and oxygen atoms in total. The molecule has 0 aliphatic rings. The van der Waals surface area contributed by atoms with Crippen molar-refractivity contribution in [1.82, 2.24) is 4.98 Å². The number of halogens is 1. The van der Waals surface area contributed by atoms with E-state index in [-0.39, 0.29) is 22.0 Å². The maximum Gasteiger partial charge on any atom is 0.265 e. The molecule has 3 N–H and O–H groups in total. The number of anilines is 2. The number of pyridine rings is 1. The summed E-state index contributed by atoms with van der Waals surface area (Å²) in [6.07, 6.45) is 1.39. The fourth-order valence-corrected chi connectivity index (χ4v) is 2.75. The summed E-state index contributed by atoms with van der Waals surface area (Å²) in [6.45, 7) is 1.49. The Morgan fingerprint density at radius 3 is 2.68 bits per heavy atom. The second kappa shape index (κ2) is 4.85. The molecule has 0 bridgehead atoms. The van der Waals surface area contributed by atoms with Gasteiger partial charge in [0.1, 0.15) is 16.5 Å². The predicted molar refractivity (Wildman–Crippen MR) is 70.6 cm³/mol. The molecule has 2 aromatic rings. The minimum atomic E-state index is -3.89. The Hall–Kier alpha value is -2.15. The van der Waals surface area contributed by atoms with E-state index in [1.807, 2.05) is 0 Å². The van der Waals surface area contributed by atoms with Crippen molar-refractivity contribution in [3.8, 4) is 0 Å². The van der Waals surface area contributed by atoms with Crippen molar-refractivity contribution in [3.05, 3.63) is 47.9 Å². The van der Waals surface area contributed by atoms with Crippen LogP contribution >= 0.6 is 0 Å². The van der Waals surface area contributed by atoms with Crippen LogP contribution in [0.25, 0.3) is 0 Å². The predicted octanol–water partition coefficient (Wildman–Crippen LogP) is 1.91. The molecule has 7 heteroatoms. The van der Waals surface area contributed by atoms with Gasteiger partial charge in [0.15, 0.2) is 0 Å². The molecule has 0 saturated heterocycles. The molecule has 0 aliphatic heterocycles. The molecule has 0 radical (unpaired) electrons. The van der Waals surface area contributed by atoms with Crippen molar-refractivity contribution >= 4 is 21.5 Å². The lowest BCUT2D eigenvalue weighted by Crippen LogP contribution is -2.16. The smallest absolute Gasteiger partial charge is 0.265 e. The third-order valence-electron chi connectivity index (χ3n) is 2.60. The molecule has 1 heterocycles.